The van der Waals surface area contributed by atoms with Crippen LogP contribution in [0.5, 0.6) is 0 Å². The number of pyridine rings is 1. The van der Waals surface area contributed by atoms with E-state index in [0.717, 1.165) is 37.8 Å². The molecule has 28 heavy (non-hydrogen) atoms. The fraction of sp³-hybridized carbons (Fsp3) is 0.591. The van der Waals surface area contributed by atoms with Crippen LogP contribution in [0.1, 0.15) is 66.4 Å². The number of ether oxygens (including phenoxy) is 1. The van der Waals surface area contributed by atoms with E-state index in [9.17, 15) is 9.59 Å². The Hall–Kier alpha value is -2.55. The summed E-state index contributed by atoms with van der Waals surface area (Å²) in [7, 11) is 0. The summed E-state index contributed by atoms with van der Waals surface area (Å²) in [5, 5.41) is 2.72. The van der Waals surface area contributed by atoms with Gasteiger partial charge in [-0.1, -0.05) is 45.1 Å². The van der Waals surface area contributed by atoms with Crippen molar-refractivity contribution in [1.82, 2.24) is 15.2 Å². The summed E-state index contributed by atoms with van der Waals surface area (Å²) in [4.78, 5) is 30.0. The average molecular weight is 390 g/mol. The number of carbonyl (C=O) groups excluding carboxylic acids is 2. The lowest BCUT2D eigenvalue weighted by Gasteiger charge is -2.22. The summed E-state index contributed by atoms with van der Waals surface area (Å²) in [5.41, 5.74) is 0.821. The van der Waals surface area contributed by atoms with Gasteiger partial charge in [0.15, 0.2) is 6.10 Å². The van der Waals surface area contributed by atoms with Crippen LogP contribution in [0.4, 0.5) is 4.79 Å². The second kappa shape index (κ2) is 14.5. The second-order valence-electron chi connectivity index (χ2n) is 6.23. The smallest absolute Gasteiger partial charge is 0.408 e. The standard InChI is InChI=1S/C20H27N3O3.C2H6.H2/c1-2-19(24)23(16-17-10-8-9-13-21-17)15-14-22-20(25)26-18-11-6-4-3-5-7-12-18;1-2;/h8-10,13,18H,2-6,11,14-16H2,1H3,(H,22,25);1-2H3;1H. The highest BCUT2D eigenvalue weighted by molar-refractivity contribution is 5.75. The summed E-state index contributed by atoms with van der Waals surface area (Å²) in [6, 6.07) is 5.61. The van der Waals surface area contributed by atoms with E-state index in [-0.39, 0.29) is 13.4 Å². The third-order valence-electron chi connectivity index (χ3n) is 4.17. The molecule has 6 heteroatoms. The first-order valence-corrected chi connectivity index (χ1v) is 10.3. The third-order valence-corrected chi connectivity index (χ3v) is 4.17. The highest BCUT2D eigenvalue weighted by Gasteiger charge is 2.15. The van der Waals surface area contributed by atoms with Gasteiger partial charge < -0.3 is 15.0 Å². The Labute approximate surface area is 170 Å². The van der Waals surface area contributed by atoms with Crippen molar-refractivity contribution in [2.24, 2.45) is 0 Å². The lowest BCUT2D eigenvalue weighted by atomic mass is 10.1. The SMILES string of the molecule is CC.CCC(=O)N(CCNC(=O)OC1C#CCCCCC1)Cc1ccccn1.[HH]. The zero-order chi connectivity index (χ0) is 20.6. The summed E-state index contributed by atoms with van der Waals surface area (Å²) in [6.45, 7) is 6.99. The van der Waals surface area contributed by atoms with Crippen LogP contribution in [-0.2, 0) is 16.1 Å². The number of hydrogen-bond donors (Lipinski definition) is 1. The summed E-state index contributed by atoms with van der Waals surface area (Å²) >= 11 is 0. The minimum Gasteiger partial charge on any atom is -0.433 e. The van der Waals surface area contributed by atoms with Crippen LogP contribution in [0.2, 0.25) is 0 Å². The van der Waals surface area contributed by atoms with Crippen molar-refractivity contribution >= 4 is 12.0 Å². The molecule has 1 aliphatic carbocycles. The van der Waals surface area contributed by atoms with Crippen LogP contribution < -0.4 is 5.32 Å². The maximum absolute atomic E-state index is 12.1. The summed E-state index contributed by atoms with van der Waals surface area (Å²) < 4.78 is 5.37. The van der Waals surface area contributed by atoms with E-state index < -0.39 is 6.09 Å². The molecule has 1 N–H and O–H groups in total. The number of nitrogens with one attached hydrogen (secondary N) is 1. The molecule has 0 bridgehead atoms. The topological polar surface area (TPSA) is 71.5 Å². The molecule has 0 radical (unpaired) electrons. The Bertz CT molecular complexity index is 644. The molecule has 0 saturated heterocycles. The van der Waals surface area contributed by atoms with E-state index in [1.165, 1.54) is 0 Å². The Kier molecular flexibility index (Phi) is 12.2. The highest BCUT2D eigenvalue weighted by Crippen LogP contribution is 2.11. The maximum Gasteiger partial charge on any atom is 0.408 e. The first-order chi connectivity index (χ1) is 13.7. The van der Waals surface area contributed by atoms with Crippen LogP contribution in [0.3, 0.4) is 0 Å². The van der Waals surface area contributed by atoms with Gasteiger partial charge in [-0.05, 0) is 31.4 Å². The van der Waals surface area contributed by atoms with E-state index in [2.05, 4.69) is 22.1 Å². The molecular formula is C22H35N3O3. The monoisotopic (exact) mass is 389 g/mol. The van der Waals surface area contributed by atoms with E-state index in [0.29, 0.717) is 26.1 Å². The van der Waals surface area contributed by atoms with Gasteiger partial charge in [0.05, 0.1) is 12.2 Å². The fourth-order valence-corrected chi connectivity index (χ4v) is 2.73. The Morgan fingerprint density at radius 3 is 2.86 bits per heavy atom. The fourth-order valence-electron chi connectivity index (χ4n) is 2.73. The molecule has 1 aromatic heterocycles. The molecule has 1 aliphatic rings. The van der Waals surface area contributed by atoms with Gasteiger partial charge in [-0.3, -0.25) is 9.78 Å². The zero-order valence-electron chi connectivity index (χ0n) is 17.4. The van der Waals surface area contributed by atoms with Gasteiger partial charge in [-0.15, -0.1) is 0 Å². The molecule has 0 saturated carbocycles. The van der Waals surface area contributed by atoms with Crippen molar-refractivity contribution in [3.8, 4) is 11.8 Å². The molecule has 1 unspecified atom stereocenters. The third kappa shape index (κ3) is 9.40. The predicted molar refractivity (Wildman–Crippen MR) is 113 cm³/mol. The normalized spacial score (nSPS) is 15.5. The Morgan fingerprint density at radius 1 is 1.32 bits per heavy atom. The molecule has 1 aromatic rings. The predicted octanol–water partition coefficient (Wildman–Crippen LogP) is 4.15. The van der Waals surface area contributed by atoms with E-state index in [1.807, 2.05) is 39.0 Å². The van der Waals surface area contributed by atoms with Gasteiger partial charge in [0.25, 0.3) is 0 Å². The number of rotatable bonds is 7. The molecule has 0 spiro atoms. The number of nitrogens with zero attached hydrogens (tertiary/aromatic N) is 2. The van der Waals surface area contributed by atoms with Crippen LogP contribution in [-0.4, -0.2) is 41.1 Å². The molecule has 2 rings (SSSR count). The van der Waals surface area contributed by atoms with E-state index in [4.69, 9.17) is 4.74 Å². The van der Waals surface area contributed by atoms with Crippen molar-refractivity contribution < 1.29 is 15.8 Å². The second-order valence-corrected chi connectivity index (χ2v) is 6.23. The zero-order valence-corrected chi connectivity index (χ0v) is 17.4. The van der Waals surface area contributed by atoms with Gasteiger partial charge in [-0.2, -0.15) is 0 Å². The summed E-state index contributed by atoms with van der Waals surface area (Å²) in [5.74, 6) is 6.08. The quantitative estimate of drug-likeness (QED) is 0.711. The minimum absolute atomic E-state index is 0. The maximum atomic E-state index is 12.1. The summed E-state index contributed by atoms with van der Waals surface area (Å²) in [6.07, 6.45) is 6.20. The first kappa shape index (κ1) is 23.5. The van der Waals surface area contributed by atoms with Gasteiger partial charge in [0.1, 0.15) is 0 Å². The molecular weight excluding hydrogens is 354 g/mol. The Morgan fingerprint density at radius 2 is 2.14 bits per heavy atom. The van der Waals surface area contributed by atoms with Crippen molar-refractivity contribution in [1.29, 1.82) is 0 Å². The molecule has 0 aromatic carbocycles. The molecule has 156 valence electrons. The first-order valence-electron chi connectivity index (χ1n) is 10.3. The molecule has 1 atom stereocenters. The highest BCUT2D eigenvalue weighted by atomic mass is 16.6. The van der Waals surface area contributed by atoms with Gasteiger partial charge >= 0.3 is 6.09 Å². The van der Waals surface area contributed by atoms with E-state index in [1.54, 1.807) is 11.1 Å². The average Bonchev–Trinajstić information content (AvgIpc) is 2.71. The number of hydrogen-bond acceptors (Lipinski definition) is 4. The molecule has 1 heterocycles. The van der Waals surface area contributed by atoms with Crippen molar-refractivity contribution in [3.05, 3.63) is 30.1 Å². The van der Waals surface area contributed by atoms with Gasteiger partial charge in [0, 0.05) is 33.6 Å². The van der Waals surface area contributed by atoms with E-state index >= 15 is 0 Å². The van der Waals surface area contributed by atoms with Crippen molar-refractivity contribution in [3.63, 3.8) is 0 Å². The van der Waals surface area contributed by atoms with Gasteiger partial charge in [-0.25, -0.2) is 4.79 Å². The van der Waals surface area contributed by atoms with Gasteiger partial charge in [0.2, 0.25) is 5.91 Å². The largest absolute Gasteiger partial charge is 0.433 e. The molecule has 6 nitrogen and oxygen atoms in total. The minimum atomic E-state index is -0.480. The van der Waals surface area contributed by atoms with Crippen LogP contribution in [0.15, 0.2) is 24.4 Å². The van der Waals surface area contributed by atoms with Crippen LogP contribution in [0, 0.1) is 11.8 Å². The number of alkyl carbamates (subject to hydrolysis) is 1. The van der Waals surface area contributed by atoms with Crippen molar-refractivity contribution in [2.45, 2.75) is 71.9 Å². The van der Waals surface area contributed by atoms with Crippen LogP contribution in [0.25, 0.3) is 0 Å². The van der Waals surface area contributed by atoms with Crippen LogP contribution >= 0.6 is 0 Å². The Balaban J connectivity index is 0.00000253. The lowest BCUT2D eigenvalue weighted by Crippen LogP contribution is -2.39. The number of carbonyl (C=O) groups is 2. The number of amides is 2. The number of aromatic nitrogens is 1. The molecule has 0 aliphatic heterocycles. The molecule has 0 fully saturated rings. The van der Waals surface area contributed by atoms with Crippen molar-refractivity contribution in [2.75, 3.05) is 13.1 Å². The lowest BCUT2D eigenvalue weighted by molar-refractivity contribution is -0.131. The molecule has 2 amide bonds.